The van der Waals surface area contributed by atoms with Crippen LogP contribution in [0, 0.1) is 0 Å². The fraction of sp³-hybridized carbons (Fsp3) is 0.316. The van der Waals surface area contributed by atoms with E-state index in [1.807, 2.05) is 59.1 Å². The lowest BCUT2D eigenvalue weighted by Gasteiger charge is -2.23. The quantitative estimate of drug-likeness (QED) is 0.647. The van der Waals surface area contributed by atoms with Crippen molar-refractivity contribution in [3.05, 3.63) is 66.1 Å². The van der Waals surface area contributed by atoms with Gasteiger partial charge in [-0.1, -0.05) is 36.4 Å². The van der Waals surface area contributed by atoms with Crippen LogP contribution in [0.25, 0.3) is 5.65 Å². The topological polar surface area (TPSA) is 79.5 Å². The Morgan fingerprint density at radius 3 is 2.72 bits per heavy atom. The number of pyridine rings is 1. The molecule has 6 heteroatoms. The van der Waals surface area contributed by atoms with E-state index >= 15 is 0 Å². The van der Waals surface area contributed by atoms with E-state index in [0.717, 1.165) is 29.9 Å². The summed E-state index contributed by atoms with van der Waals surface area (Å²) in [5, 5.41) is 21.6. The Kier molecular flexibility index (Phi) is 5.09. The van der Waals surface area contributed by atoms with Gasteiger partial charge in [-0.05, 0) is 31.0 Å². The van der Waals surface area contributed by atoms with Gasteiger partial charge in [0.25, 0.3) is 0 Å². The average molecular weight is 338 g/mol. The van der Waals surface area contributed by atoms with Gasteiger partial charge in [-0.25, -0.2) is 0 Å². The van der Waals surface area contributed by atoms with E-state index in [9.17, 15) is 9.90 Å². The first kappa shape index (κ1) is 17.1. The van der Waals surface area contributed by atoms with Crippen molar-refractivity contribution < 1.29 is 9.90 Å². The van der Waals surface area contributed by atoms with Gasteiger partial charge < -0.3 is 10.4 Å². The highest BCUT2D eigenvalue weighted by molar-refractivity contribution is 5.77. The van der Waals surface area contributed by atoms with E-state index < -0.39 is 5.60 Å². The predicted molar refractivity (Wildman–Crippen MR) is 94.9 cm³/mol. The molecule has 25 heavy (non-hydrogen) atoms. The van der Waals surface area contributed by atoms with Crippen molar-refractivity contribution in [1.29, 1.82) is 0 Å². The molecule has 1 amide bonds. The van der Waals surface area contributed by atoms with Gasteiger partial charge in [-0.3, -0.25) is 9.20 Å². The number of carbonyl (C=O) groups excluding carboxylic acids is 1. The Morgan fingerprint density at radius 2 is 1.92 bits per heavy atom. The molecule has 130 valence electrons. The Labute approximate surface area is 146 Å². The highest BCUT2D eigenvalue weighted by Crippen LogP contribution is 2.23. The molecule has 3 rings (SSSR count). The van der Waals surface area contributed by atoms with Gasteiger partial charge in [0.1, 0.15) is 5.82 Å². The minimum Gasteiger partial charge on any atom is -0.385 e. The molecule has 0 spiro atoms. The Hall–Kier alpha value is -2.73. The average Bonchev–Trinajstić information content (AvgIpc) is 3.02. The van der Waals surface area contributed by atoms with Crippen LogP contribution in [-0.4, -0.2) is 32.2 Å². The lowest BCUT2D eigenvalue weighted by atomic mass is 9.92. The summed E-state index contributed by atoms with van der Waals surface area (Å²) >= 11 is 0. The summed E-state index contributed by atoms with van der Waals surface area (Å²) in [4.78, 5) is 12.1. The van der Waals surface area contributed by atoms with Gasteiger partial charge in [0, 0.05) is 19.2 Å². The van der Waals surface area contributed by atoms with E-state index in [1.54, 1.807) is 6.92 Å². The van der Waals surface area contributed by atoms with Crippen molar-refractivity contribution in [2.24, 2.45) is 0 Å². The summed E-state index contributed by atoms with van der Waals surface area (Å²) in [5.74, 6) is 0.709. The number of hydrogen-bond acceptors (Lipinski definition) is 4. The zero-order valence-electron chi connectivity index (χ0n) is 14.2. The van der Waals surface area contributed by atoms with Crippen LogP contribution in [0.5, 0.6) is 0 Å². The van der Waals surface area contributed by atoms with Crippen LogP contribution in [0.4, 0.5) is 0 Å². The maximum absolute atomic E-state index is 12.1. The number of rotatable bonds is 7. The third kappa shape index (κ3) is 4.22. The molecule has 0 aliphatic rings. The Bertz CT molecular complexity index is 843. The summed E-state index contributed by atoms with van der Waals surface area (Å²) in [6.07, 6.45) is 3.45. The molecule has 0 aliphatic carbocycles. The summed E-state index contributed by atoms with van der Waals surface area (Å²) in [5.41, 5.74) is 0.384. The third-order valence-corrected chi connectivity index (χ3v) is 4.18. The zero-order valence-corrected chi connectivity index (χ0v) is 14.2. The summed E-state index contributed by atoms with van der Waals surface area (Å²) < 4.78 is 1.95. The SMILES string of the molecule is CC(O)(CC(=O)NCCCc1nnc2ccccn12)c1ccccc1. The van der Waals surface area contributed by atoms with Crippen LogP contribution in [0.2, 0.25) is 0 Å². The van der Waals surface area contributed by atoms with Crippen LogP contribution in [0.1, 0.15) is 31.2 Å². The van der Waals surface area contributed by atoms with Crippen molar-refractivity contribution in [1.82, 2.24) is 19.9 Å². The van der Waals surface area contributed by atoms with Gasteiger partial charge in [0.2, 0.25) is 5.91 Å². The lowest BCUT2D eigenvalue weighted by Crippen LogP contribution is -2.33. The zero-order chi connectivity index (χ0) is 17.7. The molecule has 3 aromatic rings. The Balaban J connectivity index is 1.47. The molecule has 1 unspecified atom stereocenters. The first-order chi connectivity index (χ1) is 12.1. The number of aromatic nitrogens is 3. The molecule has 1 atom stereocenters. The minimum atomic E-state index is -1.17. The van der Waals surface area contributed by atoms with Crippen LogP contribution >= 0.6 is 0 Å². The maximum Gasteiger partial charge on any atom is 0.223 e. The van der Waals surface area contributed by atoms with Gasteiger partial charge in [0.15, 0.2) is 5.65 Å². The standard InChI is InChI=1S/C19H22N4O2/c1-19(25,15-8-3-2-4-9-15)14-18(24)20-12-7-11-17-22-21-16-10-5-6-13-23(16)17/h2-6,8-10,13,25H,7,11-12,14H2,1H3,(H,20,24). The predicted octanol–water partition coefficient (Wildman–Crippen LogP) is 2.08. The van der Waals surface area contributed by atoms with Crippen LogP contribution in [0.3, 0.4) is 0 Å². The van der Waals surface area contributed by atoms with Gasteiger partial charge in [0.05, 0.1) is 12.0 Å². The van der Waals surface area contributed by atoms with Crippen LogP contribution < -0.4 is 5.32 Å². The van der Waals surface area contributed by atoms with Gasteiger partial charge in [-0.15, -0.1) is 10.2 Å². The highest BCUT2D eigenvalue weighted by atomic mass is 16.3. The molecule has 2 aromatic heterocycles. The molecule has 0 aliphatic heterocycles. The van der Waals surface area contributed by atoms with E-state index in [4.69, 9.17) is 0 Å². The lowest BCUT2D eigenvalue weighted by molar-refractivity contribution is -0.125. The largest absolute Gasteiger partial charge is 0.385 e. The van der Waals surface area contributed by atoms with E-state index in [2.05, 4.69) is 15.5 Å². The molecule has 0 fully saturated rings. The first-order valence-corrected chi connectivity index (χ1v) is 8.39. The Morgan fingerprint density at radius 1 is 1.16 bits per heavy atom. The summed E-state index contributed by atoms with van der Waals surface area (Å²) in [6.45, 7) is 2.19. The van der Waals surface area contributed by atoms with E-state index in [0.29, 0.717) is 6.54 Å². The molecule has 0 saturated carbocycles. The number of carbonyl (C=O) groups is 1. The second-order valence-corrected chi connectivity index (χ2v) is 6.32. The number of benzene rings is 1. The molecule has 6 nitrogen and oxygen atoms in total. The minimum absolute atomic E-state index is 0.0326. The van der Waals surface area contributed by atoms with Crippen LogP contribution in [0.15, 0.2) is 54.7 Å². The molecule has 0 bridgehead atoms. The molecule has 0 radical (unpaired) electrons. The fourth-order valence-electron chi connectivity index (χ4n) is 2.81. The number of aryl methyl sites for hydroxylation is 1. The van der Waals surface area contributed by atoms with E-state index in [1.165, 1.54) is 0 Å². The normalized spacial score (nSPS) is 13.5. The first-order valence-electron chi connectivity index (χ1n) is 8.39. The van der Waals surface area contributed by atoms with Crippen molar-refractivity contribution >= 4 is 11.6 Å². The second kappa shape index (κ2) is 7.44. The number of aliphatic hydroxyl groups is 1. The number of amides is 1. The highest BCUT2D eigenvalue weighted by Gasteiger charge is 2.26. The maximum atomic E-state index is 12.1. The number of nitrogens with zero attached hydrogens (tertiary/aromatic N) is 3. The second-order valence-electron chi connectivity index (χ2n) is 6.32. The van der Waals surface area contributed by atoms with Crippen LogP contribution in [-0.2, 0) is 16.8 Å². The van der Waals surface area contributed by atoms with Gasteiger partial charge in [-0.2, -0.15) is 0 Å². The number of hydrogen-bond donors (Lipinski definition) is 2. The van der Waals surface area contributed by atoms with Gasteiger partial charge >= 0.3 is 0 Å². The number of fused-ring (bicyclic) bond motifs is 1. The monoisotopic (exact) mass is 338 g/mol. The third-order valence-electron chi connectivity index (χ3n) is 4.18. The van der Waals surface area contributed by atoms with Crippen molar-refractivity contribution in [2.45, 2.75) is 31.8 Å². The fourth-order valence-corrected chi connectivity index (χ4v) is 2.81. The summed E-state index contributed by atoms with van der Waals surface area (Å²) in [7, 11) is 0. The summed E-state index contributed by atoms with van der Waals surface area (Å²) in [6, 6.07) is 15.0. The molecule has 0 saturated heterocycles. The molecule has 2 N–H and O–H groups in total. The molecule has 1 aromatic carbocycles. The molecule has 2 heterocycles. The van der Waals surface area contributed by atoms with Crippen molar-refractivity contribution in [2.75, 3.05) is 6.54 Å². The molecular formula is C19H22N4O2. The van der Waals surface area contributed by atoms with Crippen molar-refractivity contribution in [3.8, 4) is 0 Å². The molecular weight excluding hydrogens is 316 g/mol. The number of nitrogens with one attached hydrogen (secondary N) is 1. The van der Waals surface area contributed by atoms with E-state index in [-0.39, 0.29) is 12.3 Å². The van der Waals surface area contributed by atoms with Crippen molar-refractivity contribution in [3.63, 3.8) is 0 Å². The smallest absolute Gasteiger partial charge is 0.223 e.